The van der Waals surface area contributed by atoms with E-state index < -0.39 is 0 Å². The Morgan fingerprint density at radius 2 is 2.55 bits per heavy atom. The highest BCUT2D eigenvalue weighted by Gasteiger charge is 2.02. The minimum atomic E-state index is 0.629. The molecule has 0 aliphatic heterocycles. The third kappa shape index (κ3) is 3.29. The normalized spacial score (nSPS) is 13.3. The van der Waals surface area contributed by atoms with Gasteiger partial charge in [-0.25, -0.2) is 0 Å². The van der Waals surface area contributed by atoms with Crippen molar-refractivity contribution >= 4 is 27.7 Å². The summed E-state index contributed by atoms with van der Waals surface area (Å²) in [5, 5.41) is 0. The smallest absolute Gasteiger partial charge is 0.0743 e. The molecular weight excluding hydrogens is 224 g/mol. The zero-order chi connectivity index (χ0) is 8.10. The first kappa shape index (κ1) is 9.13. The molecule has 0 amide bonds. The van der Waals surface area contributed by atoms with E-state index in [9.17, 15) is 0 Å². The van der Waals surface area contributed by atoms with Crippen LogP contribution in [0.1, 0.15) is 25.5 Å². The van der Waals surface area contributed by atoms with Crippen LogP contribution in [0.4, 0.5) is 0 Å². The van der Waals surface area contributed by atoms with Crippen LogP contribution in [0.2, 0.25) is 0 Å². The number of aryl methyl sites for hydroxylation is 1. The fourth-order valence-corrected chi connectivity index (χ4v) is 1.49. The lowest BCUT2D eigenvalue weighted by Crippen LogP contribution is -1.97. The van der Waals surface area contributed by atoms with E-state index >= 15 is 0 Å². The molecule has 1 aromatic heterocycles. The zero-order valence-corrected chi connectivity index (χ0v) is 8.86. The van der Waals surface area contributed by atoms with Gasteiger partial charge >= 0.3 is 0 Å². The van der Waals surface area contributed by atoms with Crippen LogP contribution in [-0.2, 0) is 6.42 Å². The second-order valence-electron chi connectivity index (χ2n) is 2.44. The summed E-state index contributed by atoms with van der Waals surface area (Å²) in [5.41, 5.74) is 1.12. The van der Waals surface area contributed by atoms with Crippen LogP contribution in [0.3, 0.4) is 0 Å². The predicted molar refractivity (Wildman–Crippen MR) is 51.2 cm³/mol. The molecule has 0 N–H and O–H groups in total. The molecule has 0 radical (unpaired) electrons. The number of hydrogen-bond acceptors (Lipinski definition) is 3. The van der Waals surface area contributed by atoms with E-state index in [-0.39, 0.29) is 0 Å². The molecule has 0 aliphatic rings. The lowest BCUT2D eigenvalue weighted by molar-refractivity contribution is 0.739. The summed E-state index contributed by atoms with van der Waals surface area (Å²) in [4.78, 5) is 0.629. The minimum Gasteiger partial charge on any atom is -0.181 e. The standard InChI is InChI=1S/C7H11BrN2S/c1-2-6(8)3-4-7-5-9-11-10-7/h5-6H,2-4H2,1H3. The third-order valence-corrected chi connectivity index (χ3v) is 3.18. The van der Waals surface area contributed by atoms with Crippen molar-refractivity contribution in [3.8, 4) is 0 Å². The molecule has 0 spiro atoms. The first-order valence-electron chi connectivity index (χ1n) is 3.73. The summed E-state index contributed by atoms with van der Waals surface area (Å²) in [5.74, 6) is 0. The van der Waals surface area contributed by atoms with Gasteiger partial charge in [-0.3, -0.25) is 0 Å². The maximum absolute atomic E-state index is 4.13. The van der Waals surface area contributed by atoms with Crippen LogP contribution >= 0.6 is 27.7 Å². The van der Waals surface area contributed by atoms with Crippen molar-refractivity contribution in [2.24, 2.45) is 0 Å². The minimum absolute atomic E-state index is 0.629. The van der Waals surface area contributed by atoms with Crippen LogP contribution in [0.25, 0.3) is 0 Å². The number of hydrogen-bond donors (Lipinski definition) is 0. The highest BCUT2D eigenvalue weighted by molar-refractivity contribution is 9.09. The average Bonchev–Trinajstić information content (AvgIpc) is 2.52. The van der Waals surface area contributed by atoms with Gasteiger partial charge in [0.05, 0.1) is 23.6 Å². The number of alkyl halides is 1. The van der Waals surface area contributed by atoms with Crippen LogP contribution in [-0.4, -0.2) is 13.6 Å². The molecule has 0 fully saturated rings. The largest absolute Gasteiger partial charge is 0.181 e. The van der Waals surface area contributed by atoms with Gasteiger partial charge in [0, 0.05) is 4.83 Å². The van der Waals surface area contributed by atoms with Crippen molar-refractivity contribution in [2.45, 2.75) is 31.0 Å². The maximum Gasteiger partial charge on any atom is 0.0743 e. The Hall–Kier alpha value is 0.0400. The molecule has 1 heterocycles. The van der Waals surface area contributed by atoms with Crippen LogP contribution in [0, 0.1) is 0 Å². The van der Waals surface area contributed by atoms with Crippen molar-refractivity contribution in [2.75, 3.05) is 0 Å². The fourth-order valence-electron chi connectivity index (χ4n) is 0.803. The van der Waals surface area contributed by atoms with Gasteiger partial charge in [-0.1, -0.05) is 22.9 Å². The SMILES string of the molecule is CCC(Br)CCc1cnsn1. The molecule has 1 atom stereocenters. The highest BCUT2D eigenvalue weighted by Crippen LogP contribution is 2.12. The molecule has 0 aromatic carbocycles. The van der Waals surface area contributed by atoms with Crippen molar-refractivity contribution in [3.63, 3.8) is 0 Å². The monoisotopic (exact) mass is 234 g/mol. The highest BCUT2D eigenvalue weighted by atomic mass is 79.9. The van der Waals surface area contributed by atoms with Gasteiger partial charge in [-0.15, -0.1) is 0 Å². The molecule has 0 saturated carbocycles. The van der Waals surface area contributed by atoms with E-state index in [1.807, 2.05) is 6.20 Å². The van der Waals surface area contributed by atoms with E-state index in [2.05, 4.69) is 31.6 Å². The molecule has 1 aromatic rings. The summed E-state index contributed by atoms with van der Waals surface area (Å²) in [6, 6.07) is 0. The molecular formula is C7H11BrN2S. The van der Waals surface area contributed by atoms with E-state index in [0.29, 0.717) is 4.83 Å². The Morgan fingerprint density at radius 1 is 1.73 bits per heavy atom. The lowest BCUT2D eigenvalue weighted by atomic mass is 10.2. The molecule has 2 nitrogen and oxygen atoms in total. The van der Waals surface area contributed by atoms with Crippen molar-refractivity contribution < 1.29 is 0 Å². The summed E-state index contributed by atoms with van der Waals surface area (Å²) in [6.45, 7) is 2.18. The number of rotatable bonds is 4. The van der Waals surface area contributed by atoms with Crippen LogP contribution in [0.15, 0.2) is 6.20 Å². The summed E-state index contributed by atoms with van der Waals surface area (Å²) in [6.07, 6.45) is 5.22. The Bertz CT molecular complexity index is 188. The second kappa shape index (κ2) is 4.83. The molecule has 4 heteroatoms. The van der Waals surface area contributed by atoms with Crippen LogP contribution < -0.4 is 0 Å². The maximum atomic E-state index is 4.13. The first-order valence-corrected chi connectivity index (χ1v) is 5.38. The van der Waals surface area contributed by atoms with Crippen molar-refractivity contribution in [3.05, 3.63) is 11.9 Å². The second-order valence-corrected chi connectivity index (χ2v) is 4.29. The molecule has 11 heavy (non-hydrogen) atoms. The number of halogens is 1. The quantitative estimate of drug-likeness (QED) is 0.750. The molecule has 1 rings (SSSR count). The van der Waals surface area contributed by atoms with Crippen LogP contribution in [0.5, 0.6) is 0 Å². The molecule has 0 bridgehead atoms. The number of aromatic nitrogens is 2. The fraction of sp³-hybridized carbons (Fsp3) is 0.714. The van der Waals surface area contributed by atoms with E-state index in [1.165, 1.54) is 18.1 Å². The average molecular weight is 235 g/mol. The molecule has 62 valence electrons. The van der Waals surface area contributed by atoms with Gasteiger partial charge in [-0.05, 0) is 19.3 Å². The summed E-state index contributed by atoms with van der Waals surface area (Å²) in [7, 11) is 0. The van der Waals surface area contributed by atoms with Crippen molar-refractivity contribution in [1.29, 1.82) is 0 Å². The third-order valence-electron chi connectivity index (χ3n) is 1.56. The molecule has 0 aliphatic carbocycles. The lowest BCUT2D eigenvalue weighted by Gasteiger charge is -2.02. The van der Waals surface area contributed by atoms with Gasteiger partial charge in [0.1, 0.15) is 0 Å². The Morgan fingerprint density at radius 3 is 3.09 bits per heavy atom. The zero-order valence-electron chi connectivity index (χ0n) is 6.46. The Labute approximate surface area is 79.5 Å². The van der Waals surface area contributed by atoms with E-state index in [0.717, 1.165) is 18.5 Å². The topological polar surface area (TPSA) is 25.8 Å². The summed E-state index contributed by atoms with van der Waals surface area (Å²) >= 11 is 4.86. The van der Waals surface area contributed by atoms with Gasteiger partial charge in [-0.2, -0.15) is 8.75 Å². The Kier molecular flexibility index (Phi) is 4.01. The Balaban J connectivity index is 2.23. The summed E-state index contributed by atoms with van der Waals surface area (Å²) < 4.78 is 8.07. The molecule has 1 unspecified atom stereocenters. The van der Waals surface area contributed by atoms with Gasteiger partial charge in [0.2, 0.25) is 0 Å². The molecule has 0 saturated heterocycles. The van der Waals surface area contributed by atoms with Gasteiger partial charge in [0.25, 0.3) is 0 Å². The van der Waals surface area contributed by atoms with Gasteiger partial charge < -0.3 is 0 Å². The predicted octanol–water partition coefficient (Wildman–Crippen LogP) is 2.64. The van der Waals surface area contributed by atoms with E-state index in [1.54, 1.807) is 0 Å². The first-order chi connectivity index (χ1) is 5.33. The van der Waals surface area contributed by atoms with Gasteiger partial charge in [0.15, 0.2) is 0 Å². The number of nitrogens with zero attached hydrogens (tertiary/aromatic N) is 2. The van der Waals surface area contributed by atoms with E-state index in [4.69, 9.17) is 0 Å². The van der Waals surface area contributed by atoms with Crippen molar-refractivity contribution in [1.82, 2.24) is 8.75 Å².